The van der Waals surface area contributed by atoms with Crippen LogP contribution in [0, 0.1) is 0 Å². The van der Waals surface area contributed by atoms with E-state index < -0.39 is 5.78 Å². The van der Waals surface area contributed by atoms with E-state index in [-0.39, 0.29) is 39.5 Å². The molecule has 0 radical (unpaired) electrons. The minimum Gasteiger partial charge on any atom is -0.507 e. The van der Waals surface area contributed by atoms with Gasteiger partial charge in [-0.05, 0) is 18.2 Å². The fourth-order valence-corrected chi connectivity index (χ4v) is 2.36. The molecule has 0 atom stereocenters. The molecule has 19 heavy (non-hydrogen) atoms. The monoisotopic (exact) mass is 258 g/mol. The number of methoxy groups -OCH3 is 1. The van der Waals surface area contributed by atoms with Crippen molar-refractivity contribution >= 4 is 5.78 Å². The molecule has 0 bridgehead atoms. The van der Waals surface area contributed by atoms with Crippen molar-refractivity contribution in [3.8, 4) is 34.1 Å². The van der Waals surface area contributed by atoms with E-state index >= 15 is 0 Å². The molecule has 1 aliphatic rings. The Kier molecular flexibility index (Phi) is 2.19. The van der Waals surface area contributed by atoms with Crippen LogP contribution in [0.2, 0.25) is 0 Å². The number of phenolic OH excluding ortho intramolecular Hbond substituents is 3. The van der Waals surface area contributed by atoms with E-state index in [4.69, 9.17) is 4.74 Å². The van der Waals surface area contributed by atoms with Gasteiger partial charge in [0, 0.05) is 22.8 Å². The molecule has 0 spiro atoms. The summed E-state index contributed by atoms with van der Waals surface area (Å²) in [5.41, 5.74) is 0.566. The van der Waals surface area contributed by atoms with Crippen LogP contribution in [0.25, 0.3) is 11.1 Å². The lowest BCUT2D eigenvalue weighted by Crippen LogP contribution is -1.96. The lowest BCUT2D eigenvalue weighted by atomic mass is 10.0. The summed E-state index contributed by atoms with van der Waals surface area (Å²) in [5.74, 6) is -0.695. The molecule has 96 valence electrons. The number of rotatable bonds is 1. The van der Waals surface area contributed by atoms with Crippen LogP contribution in [0.3, 0.4) is 0 Å². The molecule has 5 nitrogen and oxygen atoms in total. The van der Waals surface area contributed by atoms with Crippen molar-refractivity contribution in [2.45, 2.75) is 0 Å². The van der Waals surface area contributed by atoms with Crippen LogP contribution in [0.4, 0.5) is 0 Å². The van der Waals surface area contributed by atoms with Crippen LogP contribution in [-0.4, -0.2) is 28.2 Å². The quantitative estimate of drug-likeness (QED) is 0.581. The largest absolute Gasteiger partial charge is 0.507 e. The Hall–Kier alpha value is -2.69. The molecule has 0 amide bonds. The third kappa shape index (κ3) is 1.38. The van der Waals surface area contributed by atoms with Gasteiger partial charge in [-0.15, -0.1) is 0 Å². The normalized spacial score (nSPS) is 12.2. The number of hydrogen-bond donors (Lipinski definition) is 3. The second-order valence-corrected chi connectivity index (χ2v) is 4.25. The lowest BCUT2D eigenvalue weighted by Gasteiger charge is -2.07. The third-order valence-corrected chi connectivity index (χ3v) is 3.21. The Morgan fingerprint density at radius 3 is 2.16 bits per heavy atom. The highest BCUT2D eigenvalue weighted by atomic mass is 16.5. The molecule has 1 aliphatic carbocycles. The average molecular weight is 258 g/mol. The van der Waals surface area contributed by atoms with Crippen molar-refractivity contribution in [3.05, 3.63) is 35.4 Å². The maximum atomic E-state index is 12.2. The number of hydrogen-bond acceptors (Lipinski definition) is 5. The van der Waals surface area contributed by atoms with Gasteiger partial charge in [-0.3, -0.25) is 4.79 Å². The molecule has 2 aromatic carbocycles. The Bertz CT molecular complexity index is 718. The first-order valence-electron chi connectivity index (χ1n) is 5.55. The van der Waals surface area contributed by atoms with Crippen molar-refractivity contribution < 1.29 is 24.9 Å². The van der Waals surface area contributed by atoms with E-state index in [0.717, 1.165) is 0 Å². The van der Waals surface area contributed by atoms with Crippen LogP contribution < -0.4 is 4.74 Å². The maximum absolute atomic E-state index is 12.2. The van der Waals surface area contributed by atoms with Crippen LogP contribution in [0.5, 0.6) is 23.0 Å². The van der Waals surface area contributed by atoms with Crippen molar-refractivity contribution in [2.24, 2.45) is 0 Å². The second kappa shape index (κ2) is 3.65. The number of carbonyl (C=O) groups is 1. The highest BCUT2D eigenvalue weighted by Gasteiger charge is 2.34. The summed E-state index contributed by atoms with van der Waals surface area (Å²) in [5, 5.41) is 29.6. The van der Waals surface area contributed by atoms with E-state index in [1.807, 2.05) is 0 Å². The summed E-state index contributed by atoms with van der Waals surface area (Å²) in [6.07, 6.45) is 0. The topological polar surface area (TPSA) is 87.0 Å². The fourth-order valence-electron chi connectivity index (χ4n) is 2.36. The number of benzene rings is 2. The number of ketones is 1. The Labute approximate surface area is 108 Å². The molecule has 0 fully saturated rings. The van der Waals surface area contributed by atoms with E-state index in [2.05, 4.69) is 0 Å². The van der Waals surface area contributed by atoms with Gasteiger partial charge < -0.3 is 20.1 Å². The molecular weight excluding hydrogens is 248 g/mol. The van der Waals surface area contributed by atoms with Crippen molar-refractivity contribution in [1.82, 2.24) is 0 Å². The van der Waals surface area contributed by atoms with Crippen molar-refractivity contribution in [2.75, 3.05) is 7.11 Å². The van der Waals surface area contributed by atoms with Crippen LogP contribution in [0.15, 0.2) is 24.3 Å². The Morgan fingerprint density at radius 1 is 0.895 bits per heavy atom. The summed E-state index contributed by atoms with van der Waals surface area (Å²) >= 11 is 0. The molecule has 0 saturated heterocycles. The molecule has 5 heteroatoms. The molecule has 3 rings (SSSR count). The van der Waals surface area contributed by atoms with E-state index in [1.54, 1.807) is 0 Å². The molecule has 2 aromatic rings. The molecule has 3 N–H and O–H groups in total. The SMILES string of the molecule is COc1cc(O)c2c(c1)C(=O)c1c(O)ccc(O)c1-2. The Morgan fingerprint density at radius 2 is 1.53 bits per heavy atom. The van der Waals surface area contributed by atoms with Gasteiger partial charge in [0.1, 0.15) is 23.0 Å². The van der Waals surface area contributed by atoms with Gasteiger partial charge in [0.25, 0.3) is 0 Å². The Balaban J connectivity index is 2.42. The van der Waals surface area contributed by atoms with Gasteiger partial charge in [0.05, 0.1) is 12.7 Å². The predicted octanol–water partition coefficient (Wildman–Crippen LogP) is 2.02. The second-order valence-electron chi connectivity index (χ2n) is 4.25. The average Bonchev–Trinajstić information content (AvgIpc) is 2.69. The zero-order chi connectivity index (χ0) is 13.7. The van der Waals surface area contributed by atoms with Gasteiger partial charge in [0.15, 0.2) is 5.78 Å². The summed E-state index contributed by atoms with van der Waals surface area (Å²) in [7, 11) is 1.42. The number of ether oxygens (including phenoxy) is 1. The highest BCUT2D eigenvalue weighted by molar-refractivity contribution is 6.25. The van der Waals surface area contributed by atoms with E-state index in [0.29, 0.717) is 5.75 Å². The van der Waals surface area contributed by atoms with Crippen molar-refractivity contribution in [3.63, 3.8) is 0 Å². The smallest absolute Gasteiger partial charge is 0.198 e. The maximum Gasteiger partial charge on any atom is 0.198 e. The van der Waals surface area contributed by atoms with Crippen LogP contribution >= 0.6 is 0 Å². The van der Waals surface area contributed by atoms with Gasteiger partial charge >= 0.3 is 0 Å². The standard InChI is InChI=1S/C14H10O5/c1-19-6-4-7-11(10(17)5-6)12-8(15)2-3-9(16)13(12)14(7)18/h2-5,15-17H,1H3. The summed E-state index contributed by atoms with van der Waals surface area (Å²) in [6, 6.07) is 5.34. The van der Waals surface area contributed by atoms with E-state index in [1.165, 1.54) is 31.4 Å². The summed E-state index contributed by atoms with van der Waals surface area (Å²) < 4.78 is 4.99. The molecule has 0 unspecified atom stereocenters. The third-order valence-electron chi connectivity index (χ3n) is 3.21. The van der Waals surface area contributed by atoms with Gasteiger partial charge in [0.2, 0.25) is 0 Å². The van der Waals surface area contributed by atoms with Crippen molar-refractivity contribution in [1.29, 1.82) is 0 Å². The van der Waals surface area contributed by atoms with Crippen LogP contribution in [-0.2, 0) is 0 Å². The minimum atomic E-state index is -0.451. The summed E-state index contributed by atoms with van der Waals surface area (Å²) in [4.78, 5) is 12.2. The molecule has 0 aromatic heterocycles. The highest BCUT2D eigenvalue weighted by Crippen LogP contribution is 2.50. The molecule has 0 heterocycles. The molecule has 0 aliphatic heterocycles. The number of carbonyl (C=O) groups excluding carboxylic acids is 1. The minimum absolute atomic E-state index is 0.00134. The lowest BCUT2D eigenvalue weighted by molar-refractivity contribution is 0.104. The van der Waals surface area contributed by atoms with Crippen LogP contribution in [0.1, 0.15) is 15.9 Å². The van der Waals surface area contributed by atoms with Gasteiger partial charge in [-0.2, -0.15) is 0 Å². The first-order chi connectivity index (χ1) is 9.04. The summed E-state index contributed by atoms with van der Waals surface area (Å²) in [6.45, 7) is 0. The van der Waals surface area contributed by atoms with Gasteiger partial charge in [-0.1, -0.05) is 0 Å². The first kappa shape index (κ1) is 11.4. The zero-order valence-corrected chi connectivity index (χ0v) is 9.97. The number of aromatic hydroxyl groups is 3. The molecular formula is C14H10O5. The number of fused-ring (bicyclic) bond motifs is 3. The zero-order valence-electron chi connectivity index (χ0n) is 9.97. The predicted molar refractivity (Wildman–Crippen MR) is 66.9 cm³/mol. The molecule has 0 saturated carbocycles. The fraction of sp³-hybridized carbons (Fsp3) is 0.0714. The number of phenols is 3. The van der Waals surface area contributed by atoms with E-state index in [9.17, 15) is 20.1 Å². The first-order valence-corrected chi connectivity index (χ1v) is 5.55. The van der Waals surface area contributed by atoms with Gasteiger partial charge in [-0.25, -0.2) is 0 Å².